The van der Waals surface area contributed by atoms with Crippen molar-refractivity contribution < 1.29 is 14.6 Å². The van der Waals surface area contributed by atoms with Crippen LogP contribution in [0.25, 0.3) is 0 Å². The molecule has 1 heterocycles. The number of carbonyl (C=O) groups excluding carboxylic acids is 1. The first-order chi connectivity index (χ1) is 11.6. The summed E-state index contributed by atoms with van der Waals surface area (Å²) < 4.78 is 0. The van der Waals surface area contributed by atoms with Gasteiger partial charge in [0.25, 0.3) is 5.91 Å². The van der Waals surface area contributed by atoms with Gasteiger partial charge in [0.05, 0.1) is 0 Å². The lowest BCUT2D eigenvalue weighted by atomic mass is 10.1. The minimum atomic E-state index is 0.0890. The zero-order chi connectivity index (χ0) is 16.9. The van der Waals surface area contributed by atoms with Crippen molar-refractivity contribution in [2.24, 2.45) is 0 Å². The number of piperazine rings is 1. The lowest BCUT2D eigenvalue weighted by Crippen LogP contribution is -3.29. The normalized spacial score (nSPS) is 26.2. The van der Waals surface area contributed by atoms with Gasteiger partial charge in [-0.15, -0.1) is 0 Å². The van der Waals surface area contributed by atoms with Gasteiger partial charge in [-0.1, -0.05) is 42.7 Å². The van der Waals surface area contributed by atoms with Crippen molar-refractivity contribution in [3.05, 3.63) is 35.4 Å². The number of hydrogen-bond donors (Lipinski definition) is 3. The molecule has 1 aromatic carbocycles. The van der Waals surface area contributed by atoms with Gasteiger partial charge in [0, 0.05) is 11.6 Å². The molecule has 3 N–H and O–H groups in total. The number of nitrogens with one attached hydrogen (secondary N) is 3. The Morgan fingerprint density at radius 1 is 1.21 bits per heavy atom. The minimum Gasteiger partial charge on any atom is -0.348 e. The molecule has 4 nitrogen and oxygen atoms in total. The van der Waals surface area contributed by atoms with E-state index in [4.69, 9.17) is 0 Å². The Kier molecular flexibility index (Phi) is 5.90. The van der Waals surface area contributed by atoms with Gasteiger partial charge in [0.2, 0.25) is 0 Å². The van der Waals surface area contributed by atoms with Crippen LogP contribution in [0.3, 0.4) is 0 Å². The summed E-state index contributed by atoms with van der Waals surface area (Å²) >= 11 is 0. The Morgan fingerprint density at radius 2 is 1.92 bits per heavy atom. The minimum absolute atomic E-state index is 0.0890. The van der Waals surface area contributed by atoms with Gasteiger partial charge in [0.15, 0.2) is 6.04 Å². The molecule has 2 fully saturated rings. The highest BCUT2D eigenvalue weighted by Crippen LogP contribution is 2.17. The number of amides is 1. The van der Waals surface area contributed by atoms with Gasteiger partial charge in [-0.3, -0.25) is 4.79 Å². The lowest BCUT2D eigenvalue weighted by Gasteiger charge is -2.33. The molecule has 1 aromatic rings. The van der Waals surface area contributed by atoms with Gasteiger partial charge in [-0.05, 0) is 26.7 Å². The topological polar surface area (TPSA) is 38.0 Å². The number of carbonyl (C=O) groups is 1. The van der Waals surface area contributed by atoms with Gasteiger partial charge in [-0.2, -0.15) is 0 Å². The van der Waals surface area contributed by atoms with Crippen molar-refractivity contribution >= 4 is 5.91 Å². The molecule has 0 spiro atoms. The summed E-state index contributed by atoms with van der Waals surface area (Å²) in [4.78, 5) is 15.6. The van der Waals surface area contributed by atoms with E-state index < -0.39 is 0 Å². The second-order valence-corrected chi connectivity index (χ2v) is 7.79. The van der Waals surface area contributed by atoms with E-state index >= 15 is 0 Å². The predicted octanol–water partition coefficient (Wildman–Crippen LogP) is -0.274. The summed E-state index contributed by atoms with van der Waals surface area (Å²) in [6.07, 6.45) is 4.88. The largest absolute Gasteiger partial charge is 0.348 e. The first-order valence-corrected chi connectivity index (χ1v) is 9.66. The van der Waals surface area contributed by atoms with E-state index in [9.17, 15) is 4.79 Å². The molecule has 1 aliphatic carbocycles. The number of hydrogen-bond acceptors (Lipinski definition) is 1. The zero-order valence-corrected chi connectivity index (χ0v) is 15.2. The van der Waals surface area contributed by atoms with Crippen LogP contribution < -0.4 is 15.1 Å². The van der Waals surface area contributed by atoms with Crippen LogP contribution in [0.5, 0.6) is 0 Å². The SMILES string of the molecule is Cc1cccc(C[NH+]2CC[NH+]([C@H](C)C(=O)NC3CCCC3)CC2)c1. The van der Waals surface area contributed by atoms with Gasteiger partial charge in [-0.25, -0.2) is 0 Å². The average Bonchev–Trinajstić information content (AvgIpc) is 3.08. The van der Waals surface area contributed by atoms with Crippen LogP contribution in [0.4, 0.5) is 0 Å². The summed E-state index contributed by atoms with van der Waals surface area (Å²) in [6.45, 7) is 9.88. The van der Waals surface area contributed by atoms with E-state index in [1.807, 2.05) is 0 Å². The first kappa shape index (κ1) is 17.4. The Labute approximate surface area is 146 Å². The standard InChI is InChI=1S/C20H31N3O/c1-16-6-5-7-18(14-16)15-22-10-12-23(13-11-22)17(2)20(24)21-19-8-3-4-9-19/h5-7,14,17,19H,3-4,8-13,15H2,1-2H3,(H,21,24)/p+2/t17-/m1/s1. The third kappa shape index (κ3) is 4.58. The predicted molar refractivity (Wildman–Crippen MR) is 96.1 cm³/mol. The second-order valence-electron chi connectivity index (χ2n) is 7.79. The fraction of sp³-hybridized carbons (Fsp3) is 0.650. The molecule has 1 saturated heterocycles. The lowest BCUT2D eigenvalue weighted by molar-refractivity contribution is -1.02. The second kappa shape index (κ2) is 8.13. The molecule has 4 heteroatoms. The maximum Gasteiger partial charge on any atom is 0.278 e. The Bertz CT molecular complexity index is 546. The summed E-state index contributed by atoms with van der Waals surface area (Å²) in [5.41, 5.74) is 2.77. The molecule has 1 saturated carbocycles. The molecule has 132 valence electrons. The molecular formula is C20H33N3O+2. The monoisotopic (exact) mass is 331 g/mol. The third-order valence-electron chi connectivity index (χ3n) is 5.84. The highest BCUT2D eigenvalue weighted by atomic mass is 16.2. The summed E-state index contributed by atoms with van der Waals surface area (Å²) in [5.74, 6) is 0.263. The van der Waals surface area contributed by atoms with Crippen molar-refractivity contribution in [1.82, 2.24) is 5.32 Å². The van der Waals surface area contributed by atoms with Crippen LogP contribution in [0.15, 0.2) is 24.3 Å². The van der Waals surface area contributed by atoms with E-state index in [-0.39, 0.29) is 11.9 Å². The smallest absolute Gasteiger partial charge is 0.278 e. The van der Waals surface area contributed by atoms with E-state index in [0.717, 1.165) is 32.7 Å². The Balaban J connectivity index is 1.44. The summed E-state index contributed by atoms with van der Waals surface area (Å²) in [5, 5.41) is 3.27. The Hall–Kier alpha value is -1.39. The average molecular weight is 332 g/mol. The molecule has 1 aliphatic heterocycles. The highest BCUT2D eigenvalue weighted by Gasteiger charge is 2.32. The summed E-state index contributed by atoms with van der Waals surface area (Å²) in [7, 11) is 0. The van der Waals surface area contributed by atoms with Crippen LogP contribution in [-0.4, -0.2) is 44.2 Å². The van der Waals surface area contributed by atoms with E-state index in [1.165, 1.54) is 41.7 Å². The molecule has 1 amide bonds. The quantitative estimate of drug-likeness (QED) is 0.683. The Morgan fingerprint density at radius 3 is 2.58 bits per heavy atom. The first-order valence-electron chi connectivity index (χ1n) is 9.66. The van der Waals surface area contributed by atoms with Crippen molar-refractivity contribution in [3.63, 3.8) is 0 Å². The van der Waals surface area contributed by atoms with E-state index in [1.54, 1.807) is 4.90 Å². The van der Waals surface area contributed by atoms with Crippen molar-refractivity contribution in [1.29, 1.82) is 0 Å². The van der Waals surface area contributed by atoms with Crippen LogP contribution >= 0.6 is 0 Å². The third-order valence-corrected chi connectivity index (χ3v) is 5.84. The molecule has 24 heavy (non-hydrogen) atoms. The van der Waals surface area contributed by atoms with Gasteiger partial charge in [0.1, 0.15) is 32.7 Å². The number of rotatable bonds is 5. The number of quaternary nitrogens is 2. The molecule has 0 bridgehead atoms. The molecule has 1 atom stereocenters. The maximum absolute atomic E-state index is 12.5. The van der Waals surface area contributed by atoms with Gasteiger partial charge >= 0.3 is 0 Å². The van der Waals surface area contributed by atoms with Crippen LogP contribution in [0.1, 0.15) is 43.7 Å². The number of aryl methyl sites for hydroxylation is 1. The van der Waals surface area contributed by atoms with Gasteiger partial charge < -0.3 is 15.1 Å². The maximum atomic E-state index is 12.5. The molecule has 2 aliphatic rings. The molecule has 0 unspecified atom stereocenters. The molecule has 0 aromatic heterocycles. The molecular weight excluding hydrogens is 298 g/mol. The highest BCUT2D eigenvalue weighted by molar-refractivity contribution is 5.80. The van der Waals surface area contributed by atoms with Crippen LogP contribution in [0.2, 0.25) is 0 Å². The molecule has 0 radical (unpaired) electrons. The van der Waals surface area contributed by atoms with Crippen LogP contribution in [0, 0.1) is 6.92 Å². The summed E-state index contributed by atoms with van der Waals surface area (Å²) in [6, 6.07) is 9.37. The van der Waals surface area contributed by atoms with Crippen LogP contribution in [-0.2, 0) is 11.3 Å². The van der Waals surface area contributed by atoms with E-state index in [2.05, 4.69) is 43.4 Å². The fourth-order valence-corrected chi connectivity index (χ4v) is 4.23. The van der Waals surface area contributed by atoms with Crippen molar-refractivity contribution in [2.45, 2.75) is 58.2 Å². The van der Waals surface area contributed by atoms with Crippen molar-refractivity contribution in [2.75, 3.05) is 26.2 Å². The number of benzene rings is 1. The zero-order valence-electron chi connectivity index (χ0n) is 15.2. The fourth-order valence-electron chi connectivity index (χ4n) is 4.23. The van der Waals surface area contributed by atoms with Crippen molar-refractivity contribution in [3.8, 4) is 0 Å². The van der Waals surface area contributed by atoms with E-state index in [0.29, 0.717) is 6.04 Å². The molecule has 3 rings (SSSR count).